The molecule has 1 aliphatic carbocycles. The van der Waals surface area contributed by atoms with Gasteiger partial charge in [0.1, 0.15) is 7.05 Å². The van der Waals surface area contributed by atoms with Crippen LogP contribution in [-0.4, -0.2) is 4.98 Å². The summed E-state index contributed by atoms with van der Waals surface area (Å²) in [5, 5.41) is 0. The molecule has 0 spiro atoms. The van der Waals surface area contributed by atoms with E-state index in [1.165, 1.54) is 39.1 Å². The molecule has 2 heteroatoms. The van der Waals surface area contributed by atoms with E-state index in [2.05, 4.69) is 75.8 Å². The van der Waals surface area contributed by atoms with Crippen LogP contribution >= 0.6 is 0 Å². The van der Waals surface area contributed by atoms with Gasteiger partial charge in [-0.3, -0.25) is 4.98 Å². The number of nitrogens with zero attached hydrogens (tertiary/aromatic N) is 2. The van der Waals surface area contributed by atoms with Crippen molar-refractivity contribution in [2.45, 2.75) is 33.1 Å². The topological polar surface area (TPSA) is 16.8 Å². The van der Waals surface area contributed by atoms with Crippen molar-refractivity contribution >= 4 is 0 Å². The Bertz CT molecular complexity index is 968. The Kier molecular flexibility index (Phi) is 3.14. The number of hydrogen-bond acceptors (Lipinski definition) is 1. The van der Waals surface area contributed by atoms with Gasteiger partial charge in [-0.1, -0.05) is 32.0 Å². The summed E-state index contributed by atoms with van der Waals surface area (Å²) in [5.74, 6) is 0. The van der Waals surface area contributed by atoms with Gasteiger partial charge >= 0.3 is 0 Å². The molecule has 0 unspecified atom stereocenters. The second-order valence-corrected chi connectivity index (χ2v) is 7.41. The van der Waals surface area contributed by atoms with E-state index >= 15 is 0 Å². The number of pyridine rings is 2. The molecule has 2 heterocycles. The van der Waals surface area contributed by atoms with Gasteiger partial charge in [-0.25, -0.2) is 4.57 Å². The maximum atomic E-state index is 4.69. The summed E-state index contributed by atoms with van der Waals surface area (Å²) >= 11 is 0. The Balaban J connectivity index is 2.09. The lowest BCUT2D eigenvalue weighted by Gasteiger charge is -2.24. The van der Waals surface area contributed by atoms with E-state index in [0.717, 1.165) is 5.69 Å². The highest BCUT2D eigenvalue weighted by Crippen LogP contribution is 2.51. The van der Waals surface area contributed by atoms with Crippen LogP contribution in [0.3, 0.4) is 0 Å². The molecule has 4 rings (SSSR count). The van der Waals surface area contributed by atoms with Crippen molar-refractivity contribution in [3.63, 3.8) is 0 Å². The average Bonchev–Trinajstić information content (AvgIpc) is 2.77. The number of aryl methyl sites for hydroxylation is 3. The van der Waals surface area contributed by atoms with Crippen molar-refractivity contribution in [2.75, 3.05) is 0 Å². The van der Waals surface area contributed by atoms with Crippen LogP contribution in [0.1, 0.15) is 36.1 Å². The first-order valence-corrected chi connectivity index (χ1v) is 8.48. The Morgan fingerprint density at radius 3 is 2.54 bits per heavy atom. The van der Waals surface area contributed by atoms with Crippen molar-refractivity contribution in [3.05, 3.63) is 71.0 Å². The lowest BCUT2D eigenvalue weighted by molar-refractivity contribution is -0.660. The molecule has 0 N–H and O–H groups in total. The van der Waals surface area contributed by atoms with Crippen LogP contribution in [-0.2, 0) is 12.5 Å². The van der Waals surface area contributed by atoms with Crippen molar-refractivity contribution in [3.8, 4) is 22.5 Å². The molecule has 1 aliphatic rings. The van der Waals surface area contributed by atoms with Crippen LogP contribution in [0.15, 0.2) is 48.8 Å². The molecule has 2 nitrogen and oxygen atoms in total. The minimum absolute atomic E-state index is 0.0435. The molecule has 0 saturated heterocycles. The summed E-state index contributed by atoms with van der Waals surface area (Å²) in [6.45, 7) is 8.98. The Hall–Kier alpha value is -2.48. The minimum atomic E-state index is -0.0435. The normalized spacial score (nSPS) is 14.4. The maximum Gasteiger partial charge on any atom is 0.212 e. The van der Waals surface area contributed by atoms with Crippen molar-refractivity contribution in [2.24, 2.45) is 7.05 Å². The van der Waals surface area contributed by atoms with E-state index in [-0.39, 0.29) is 5.41 Å². The van der Waals surface area contributed by atoms with Gasteiger partial charge in [0, 0.05) is 28.8 Å². The molecule has 0 aliphatic heterocycles. The highest BCUT2D eigenvalue weighted by Gasteiger charge is 2.40. The summed E-state index contributed by atoms with van der Waals surface area (Å²) in [4.78, 5) is 4.69. The third-order valence-electron chi connectivity index (χ3n) is 5.31. The third-order valence-corrected chi connectivity index (χ3v) is 5.31. The van der Waals surface area contributed by atoms with Gasteiger partial charge < -0.3 is 0 Å². The number of fused-ring (bicyclic) bond motifs is 3. The van der Waals surface area contributed by atoms with E-state index in [1.54, 1.807) is 0 Å². The summed E-state index contributed by atoms with van der Waals surface area (Å²) in [6.07, 6.45) is 4.09. The molecule has 0 amide bonds. The van der Waals surface area contributed by atoms with Gasteiger partial charge in [0.05, 0.1) is 11.3 Å². The second-order valence-electron chi connectivity index (χ2n) is 7.41. The molecule has 0 atom stereocenters. The first-order valence-electron chi connectivity index (χ1n) is 8.48. The fourth-order valence-electron chi connectivity index (χ4n) is 4.15. The molecule has 24 heavy (non-hydrogen) atoms. The predicted molar refractivity (Wildman–Crippen MR) is 97.9 cm³/mol. The number of rotatable bonds is 1. The van der Waals surface area contributed by atoms with Crippen molar-refractivity contribution in [1.82, 2.24) is 4.98 Å². The Morgan fingerprint density at radius 1 is 1.00 bits per heavy atom. The van der Waals surface area contributed by atoms with Gasteiger partial charge in [-0.15, -0.1) is 0 Å². The molecule has 0 bridgehead atoms. The van der Waals surface area contributed by atoms with Crippen LogP contribution in [0.25, 0.3) is 22.5 Å². The van der Waals surface area contributed by atoms with Gasteiger partial charge in [0.15, 0.2) is 6.20 Å². The van der Waals surface area contributed by atoms with Gasteiger partial charge in [-0.2, -0.15) is 0 Å². The van der Waals surface area contributed by atoms with E-state index in [1.807, 2.05) is 12.3 Å². The van der Waals surface area contributed by atoms with Gasteiger partial charge in [0.25, 0.3) is 0 Å². The first-order chi connectivity index (χ1) is 11.4. The van der Waals surface area contributed by atoms with Crippen LogP contribution < -0.4 is 4.57 Å². The van der Waals surface area contributed by atoms with Crippen molar-refractivity contribution in [1.29, 1.82) is 0 Å². The summed E-state index contributed by atoms with van der Waals surface area (Å²) < 4.78 is 2.24. The largest absolute Gasteiger partial charge is 0.256 e. The average molecular weight is 315 g/mol. The third kappa shape index (κ3) is 1.96. The zero-order valence-corrected chi connectivity index (χ0v) is 15.0. The van der Waals surface area contributed by atoms with Crippen LogP contribution in [0, 0.1) is 13.8 Å². The summed E-state index contributed by atoms with van der Waals surface area (Å²) in [6, 6.07) is 13.2. The molecule has 0 radical (unpaired) electrons. The molecule has 3 aromatic rings. The molecule has 1 aromatic carbocycles. The van der Waals surface area contributed by atoms with E-state index < -0.39 is 0 Å². The lowest BCUT2D eigenvalue weighted by atomic mass is 9.78. The molecule has 2 aromatic heterocycles. The highest BCUT2D eigenvalue weighted by atomic mass is 14.9. The number of hydrogen-bond donors (Lipinski definition) is 0. The van der Waals surface area contributed by atoms with Crippen molar-refractivity contribution < 1.29 is 4.57 Å². The summed E-state index contributed by atoms with van der Waals surface area (Å²) in [5.41, 5.74) is 10.3. The number of benzene rings is 1. The monoisotopic (exact) mass is 315 g/mol. The minimum Gasteiger partial charge on any atom is -0.256 e. The quantitative estimate of drug-likeness (QED) is 0.604. The van der Waals surface area contributed by atoms with Gasteiger partial charge in [0.2, 0.25) is 5.69 Å². The molecular weight excluding hydrogens is 292 g/mol. The first kappa shape index (κ1) is 15.1. The smallest absolute Gasteiger partial charge is 0.212 e. The standard InChI is InChI=1S/C22H23N2/c1-14-8-11-18(24(5)13-14)19-15(2)9-10-16-20(19)22(3,4)17-7-6-12-23-21(16)17/h6-13H,1-5H3/q+1. The fraction of sp³-hybridized carbons (Fsp3) is 0.273. The Labute approximate surface area is 143 Å². The van der Waals surface area contributed by atoms with E-state index in [9.17, 15) is 0 Å². The zero-order valence-electron chi connectivity index (χ0n) is 15.0. The maximum absolute atomic E-state index is 4.69. The van der Waals surface area contributed by atoms with Crippen LogP contribution in [0.2, 0.25) is 0 Å². The van der Waals surface area contributed by atoms with E-state index in [4.69, 9.17) is 4.98 Å². The predicted octanol–water partition coefficient (Wildman–Crippen LogP) is 4.50. The summed E-state index contributed by atoms with van der Waals surface area (Å²) in [7, 11) is 2.13. The zero-order chi connectivity index (χ0) is 17.1. The van der Waals surface area contributed by atoms with Crippen LogP contribution in [0.5, 0.6) is 0 Å². The lowest BCUT2D eigenvalue weighted by Crippen LogP contribution is -2.32. The van der Waals surface area contributed by atoms with E-state index in [0.29, 0.717) is 0 Å². The molecular formula is C22H23N2+. The second kappa shape index (κ2) is 5.01. The SMILES string of the molecule is Cc1ccc(-c2c(C)ccc3c2C(C)(C)c2cccnc2-3)[n+](C)c1. The molecule has 0 saturated carbocycles. The molecule has 120 valence electrons. The van der Waals surface area contributed by atoms with Gasteiger partial charge in [-0.05, 0) is 42.7 Å². The number of aromatic nitrogens is 2. The molecule has 0 fully saturated rings. The Morgan fingerprint density at radius 2 is 1.79 bits per heavy atom. The highest BCUT2D eigenvalue weighted by molar-refractivity contribution is 5.86. The van der Waals surface area contributed by atoms with Crippen LogP contribution in [0.4, 0.5) is 0 Å². The fourth-order valence-corrected chi connectivity index (χ4v) is 4.15.